The molecule has 0 saturated carbocycles. The predicted molar refractivity (Wildman–Crippen MR) is 81.6 cm³/mol. The lowest BCUT2D eigenvalue weighted by Crippen LogP contribution is -2.05. The summed E-state index contributed by atoms with van der Waals surface area (Å²) in [6, 6.07) is 5.86. The fourth-order valence-corrected chi connectivity index (χ4v) is 3.87. The van der Waals surface area contributed by atoms with Gasteiger partial charge in [0.15, 0.2) is 11.5 Å². The first-order valence-corrected chi connectivity index (χ1v) is 7.79. The maximum absolute atomic E-state index is 6.25. The molecule has 0 radical (unpaired) electrons. The van der Waals surface area contributed by atoms with E-state index >= 15 is 0 Å². The van der Waals surface area contributed by atoms with Crippen LogP contribution in [0, 0.1) is 0 Å². The summed E-state index contributed by atoms with van der Waals surface area (Å²) in [7, 11) is 0. The standard InChI is InChI=1S/C13H11BrClNO2S/c1-7(13-8(14)2-3-19-13)16-10-5-12-11(4-9(10)15)17-6-18-12/h2-5,7,16H,6H2,1H3. The number of halogens is 2. The second-order valence-electron chi connectivity index (χ2n) is 4.18. The van der Waals surface area contributed by atoms with Crippen molar-refractivity contribution in [1.82, 2.24) is 0 Å². The molecule has 2 aromatic rings. The van der Waals surface area contributed by atoms with Gasteiger partial charge < -0.3 is 14.8 Å². The van der Waals surface area contributed by atoms with Crippen molar-refractivity contribution in [3.8, 4) is 11.5 Å². The summed E-state index contributed by atoms with van der Waals surface area (Å²) >= 11 is 11.5. The molecule has 19 heavy (non-hydrogen) atoms. The highest BCUT2D eigenvalue weighted by Gasteiger charge is 2.18. The maximum atomic E-state index is 6.25. The van der Waals surface area contributed by atoms with Crippen LogP contribution in [0.2, 0.25) is 5.02 Å². The fourth-order valence-electron chi connectivity index (χ4n) is 1.94. The van der Waals surface area contributed by atoms with Crippen molar-refractivity contribution in [3.05, 3.63) is 38.0 Å². The normalized spacial score (nSPS) is 14.5. The number of thiophene rings is 1. The molecule has 100 valence electrons. The van der Waals surface area contributed by atoms with E-state index in [1.807, 2.05) is 12.1 Å². The number of ether oxygens (including phenoxy) is 2. The van der Waals surface area contributed by atoms with E-state index in [1.165, 1.54) is 4.88 Å². The summed E-state index contributed by atoms with van der Waals surface area (Å²) in [5.74, 6) is 1.42. The first-order valence-electron chi connectivity index (χ1n) is 5.73. The summed E-state index contributed by atoms with van der Waals surface area (Å²) < 4.78 is 11.8. The number of hydrogen-bond donors (Lipinski definition) is 1. The number of benzene rings is 1. The number of hydrogen-bond acceptors (Lipinski definition) is 4. The van der Waals surface area contributed by atoms with Gasteiger partial charge in [-0.3, -0.25) is 0 Å². The van der Waals surface area contributed by atoms with Crippen molar-refractivity contribution in [3.63, 3.8) is 0 Å². The third kappa shape index (κ3) is 2.55. The third-order valence-electron chi connectivity index (χ3n) is 2.87. The Morgan fingerprint density at radius 1 is 1.37 bits per heavy atom. The first-order chi connectivity index (χ1) is 9.15. The topological polar surface area (TPSA) is 30.5 Å². The van der Waals surface area contributed by atoms with Crippen LogP contribution in [0.15, 0.2) is 28.1 Å². The Balaban J connectivity index is 1.86. The molecule has 2 heterocycles. The van der Waals surface area contributed by atoms with Crippen molar-refractivity contribution in [2.24, 2.45) is 0 Å². The van der Waals surface area contributed by atoms with Crippen molar-refractivity contribution < 1.29 is 9.47 Å². The van der Waals surface area contributed by atoms with Crippen molar-refractivity contribution in [2.45, 2.75) is 13.0 Å². The van der Waals surface area contributed by atoms with Crippen LogP contribution in [0.25, 0.3) is 0 Å². The minimum atomic E-state index is 0.159. The lowest BCUT2D eigenvalue weighted by atomic mass is 10.2. The zero-order valence-corrected chi connectivity index (χ0v) is 13.2. The van der Waals surface area contributed by atoms with Gasteiger partial charge in [0.05, 0.1) is 16.8 Å². The van der Waals surface area contributed by atoms with Gasteiger partial charge in [0.25, 0.3) is 0 Å². The molecule has 0 aliphatic carbocycles. The molecule has 0 amide bonds. The third-order valence-corrected chi connectivity index (χ3v) is 5.24. The van der Waals surface area contributed by atoms with Crippen molar-refractivity contribution >= 4 is 44.6 Å². The molecule has 3 rings (SSSR count). The molecule has 0 fully saturated rings. The summed E-state index contributed by atoms with van der Waals surface area (Å²) in [5.41, 5.74) is 0.846. The molecule has 6 heteroatoms. The van der Waals surface area contributed by atoms with Crippen LogP contribution < -0.4 is 14.8 Å². The molecule has 1 aromatic heterocycles. The molecular weight excluding hydrogens is 350 g/mol. The summed E-state index contributed by atoms with van der Waals surface area (Å²) in [5, 5.41) is 6.08. The molecule has 0 spiro atoms. The molecule has 0 saturated heterocycles. The van der Waals surface area contributed by atoms with E-state index in [2.05, 4.69) is 33.6 Å². The van der Waals surface area contributed by atoms with Gasteiger partial charge in [0.2, 0.25) is 6.79 Å². The predicted octanol–water partition coefficient (Wildman–Crippen LogP) is 5.07. The highest BCUT2D eigenvalue weighted by atomic mass is 79.9. The zero-order chi connectivity index (χ0) is 13.4. The van der Waals surface area contributed by atoms with Gasteiger partial charge in [0.1, 0.15) is 0 Å². The Kier molecular flexibility index (Phi) is 3.60. The van der Waals surface area contributed by atoms with Crippen molar-refractivity contribution in [1.29, 1.82) is 0 Å². The van der Waals surface area contributed by atoms with Gasteiger partial charge in [-0.15, -0.1) is 11.3 Å². The Morgan fingerprint density at radius 2 is 2.11 bits per heavy atom. The van der Waals surface area contributed by atoms with E-state index in [0.717, 1.165) is 15.9 Å². The Bertz CT molecular complexity index is 617. The monoisotopic (exact) mass is 359 g/mol. The molecule has 0 bridgehead atoms. The average Bonchev–Trinajstić information content (AvgIpc) is 2.98. The van der Waals surface area contributed by atoms with Crippen LogP contribution >= 0.6 is 38.9 Å². The average molecular weight is 361 g/mol. The van der Waals surface area contributed by atoms with E-state index < -0.39 is 0 Å². The van der Waals surface area contributed by atoms with Gasteiger partial charge in [-0.1, -0.05) is 11.6 Å². The van der Waals surface area contributed by atoms with Crippen molar-refractivity contribution in [2.75, 3.05) is 12.1 Å². The lowest BCUT2D eigenvalue weighted by Gasteiger charge is -2.16. The maximum Gasteiger partial charge on any atom is 0.231 e. The van der Waals surface area contributed by atoms with Gasteiger partial charge in [0, 0.05) is 21.5 Å². The number of rotatable bonds is 3. The molecule has 1 aromatic carbocycles. The molecular formula is C13H11BrClNO2S. The quantitative estimate of drug-likeness (QED) is 0.829. The van der Waals surface area contributed by atoms with Crippen LogP contribution in [0.3, 0.4) is 0 Å². The fraction of sp³-hybridized carbons (Fsp3) is 0.231. The molecule has 1 unspecified atom stereocenters. The van der Waals surface area contributed by atoms with E-state index in [0.29, 0.717) is 10.8 Å². The van der Waals surface area contributed by atoms with Gasteiger partial charge in [-0.25, -0.2) is 0 Å². The largest absolute Gasteiger partial charge is 0.454 e. The number of fused-ring (bicyclic) bond motifs is 1. The summed E-state index contributed by atoms with van der Waals surface area (Å²) in [6.45, 7) is 2.35. The van der Waals surface area contributed by atoms with Crippen LogP contribution in [-0.4, -0.2) is 6.79 Å². The van der Waals surface area contributed by atoms with E-state index in [9.17, 15) is 0 Å². The highest BCUT2D eigenvalue weighted by molar-refractivity contribution is 9.10. The molecule has 1 aliphatic heterocycles. The van der Waals surface area contributed by atoms with Gasteiger partial charge in [-0.05, 0) is 34.3 Å². The van der Waals surface area contributed by atoms with E-state index in [4.69, 9.17) is 21.1 Å². The van der Waals surface area contributed by atoms with E-state index in [1.54, 1.807) is 17.4 Å². The van der Waals surface area contributed by atoms with Crippen LogP contribution in [0.4, 0.5) is 5.69 Å². The smallest absolute Gasteiger partial charge is 0.231 e. The van der Waals surface area contributed by atoms with Crippen LogP contribution in [-0.2, 0) is 0 Å². The Morgan fingerprint density at radius 3 is 2.79 bits per heavy atom. The first kappa shape index (κ1) is 13.1. The van der Waals surface area contributed by atoms with Gasteiger partial charge >= 0.3 is 0 Å². The minimum Gasteiger partial charge on any atom is -0.454 e. The summed E-state index contributed by atoms with van der Waals surface area (Å²) in [4.78, 5) is 1.23. The highest BCUT2D eigenvalue weighted by Crippen LogP contribution is 2.41. The Labute approximate surface area is 128 Å². The molecule has 3 nitrogen and oxygen atoms in total. The second kappa shape index (κ2) is 5.23. The van der Waals surface area contributed by atoms with Gasteiger partial charge in [-0.2, -0.15) is 0 Å². The molecule has 1 aliphatic rings. The summed E-state index contributed by atoms with van der Waals surface area (Å²) in [6.07, 6.45) is 0. The molecule has 1 N–H and O–H groups in total. The van der Waals surface area contributed by atoms with E-state index in [-0.39, 0.29) is 12.8 Å². The Hall–Kier alpha value is -0.910. The second-order valence-corrected chi connectivity index (χ2v) is 6.39. The zero-order valence-electron chi connectivity index (χ0n) is 10.1. The number of nitrogens with one attached hydrogen (secondary N) is 1. The number of anilines is 1. The minimum absolute atomic E-state index is 0.159. The lowest BCUT2D eigenvalue weighted by molar-refractivity contribution is 0.174. The SMILES string of the molecule is CC(Nc1cc2c(cc1Cl)OCO2)c1sccc1Br. The van der Waals surface area contributed by atoms with Crippen LogP contribution in [0.5, 0.6) is 11.5 Å². The molecule has 1 atom stereocenters. The van der Waals surface area contributed by atoms with Crippen LogP contribution in [0.1, 0.15) is 17.8 Å².